The maximum atomic E-state index is 12.1. The van der Waals surface area contributed by atoms with Gasteiger partial charge in [-0.25, -0.2) is 0 Å². The highest BCUT2D eigenvalue weighted by Gasteiger charge is 2.21. The Balaban J connectivity index is 2.32. The van der Waals surface area contributed by atoms with Crippen LogP contribution in [0, 0.1) is 0 Å². The van der Waals surface area contributed by atoms with Gasteiger partial charge in [0.15, 0.2) is 0 Å². The fourth-order valence-electron chi connectivity index (χ4n) is 2.77. The molecule has 7 heteroatoms. The van der Waals surface area contributed by atoms with Crippen LogP contribution >= 0.6 is 0 Å². The molecule has 0 spiro atoms. The number of nitrogens with two attached hydrogens (primary N) is 1. The van der Waals surface area contributed by atoms with Crippen molar-refractivity contribution in [3.8, 4) is 5.75 Å². The van der Waals surface area contributed by atoms with E-state index in [2.05, 4.69) is 17.6 Å². The Kier molecular flexibility index (Phi) is 11.4. The Morgan fingerprint density at radius 3 is 2.32 bits per heavy atom. The lowest BCUT2D eigenvalue weighted by Crippen LogP contribution is -2.47. The number of rotatable bonds is 14. The van der Waals surface area contributed by atoms with Crippen molar-refractivity contribution in [2.45, 2.75) is 64.3 Å². The summed E-state index contributed by atoms with van der Waals surface area (Å²) in [6, 6.07) is 6.59. The van der Waals surface area contributed by atoms with Crippen LogP contribution in [-0.2, 0) is 20.8 Å². The van der Waals surface area contributed by atoms with Crippen molar-refractivity contribution in [1.82, 2.24) is 10.6 Å². The molecule has 1 atom stereocenters. The van der Waals surface area contributed by atoms with Crippen molar-refractivity contribution >= 4 is 17.7 Å². The van der Waals surface area contributed by atoms with Gasteiger partial charge in [-0.05, 0) is 30.5 Å². The third-order valence-corrected chi connectivity index (χ3v) is 4.47. The van der Waals surface area contributed by atoms with Gasteiger partial charge in [-0.3, -0.25) is 14.4 Å². The predicted octanol–water partition coefficient (Wildman–Crippen LogP) is 2.07. The molecule has 0 bridgehead atoms. The lowest BCUT2D eigenvalue weighted by atomic mass is 10.1. The minimum atomic E-state index is -0.982. The largest absolute Gasteiger partial charge is 0.497 e. The number of primary amides is 1. The van der Waals surface area contributed by atoms with E-state index < -0.39 is 11.9 Å². The predicted molar refractivity (Wildman–Crippen MR) is 109 cm³/mol. The Labute approximate surface area is 167 Å². The number of nitrogens with one attached hydrogen (secondary N) is 2. The Hall–Kier alpha value is -2.57. The summed E-state index contributed by atoms with van der Waals surface area (Å²) >= 11 is 0. The van der Waals surface area contributed by atoms with E-state index in [9.17, 15) is 14.4 Å². The second-order valence-corrected chi connectivity index (χ2v) is 6.84. The molecule has 3 amide bonds. The SMILES string of the molecule is CCCCCCCC(=O)NC(CC(=O)NCCc1ccc(OC)cc1)C(N)=O. The molecule has 1 rings (SSSR count). The van der Waals surface area contributed by atoms with E-state index >= 15 is 0 Å². The zero-order valence-electron chi connectivity index (χ0n) is 17.0. The number of unbranched alkanes of at least 4 members (excludes halogenated alkanes) is 4. The number of hydrogen-bond acceptors (Lipinski definition) is 4. The van der Waals surface area contributed by atoms with Gasteiger partial charge < -0.3 is 21.1 Å². The number of amides is 3. The number of benzene rings is 1. The van der Waals surface area contributed by atoms with Crippen molar-refractivity contribution in [3.63, 3.8) is 0 Å². The molecule has 4 N–H and O–H groups in total. The highest BCUT2D eigenvalue weighted by molar-refractivity contribution is 5.91. The van der Waals surface area contributed by atoms with Gasteiger partial charge in [-0.15, -0.1) is 0 Å². The zero-order chi connectivity index (χ0) is 20.8. The van der Waals surface area contributed by atoms with E-state index in [1.807, 2.05) is 24.3 Å². The first-order valence-electron chi connectivity index (χ1n) is 9.94. The first-order valence-corrected chi connectivity index (χ1v) is 9.94. The van der Waals surface area contributed by atoms with E-state index in [4.69, 9.17) is 10.5 Å². The minimum Gasteiger partial charge on any atom is -0.497 e. The average Bonchev–Trinajstić information content (AvgIpc) is 2.67. The van der Waals surface area contributed by atoms with Crippen LogP contribution in [0.15, 0.2) is 24.3 Å². The highest BCUT2D eigenvalue weighted by atomic mass is 16.5. The summed E-state index contributed by atoms with van der Waals surface area (Å²) in [6.45, 7) is 2.56. The molecular formula is C21H33N3O4. The molecule has 0 aliphatic carbocycles. The monoisotopic (exact) mass is 391 g/mol. The quantitative estimate of drug-likeness (QED) is 0.422. The van der Waals surface area contributed by atoms with Crippen LogP contribution in [0.4, 0.5) is 0 Å². The Morgan fingerprint density at radius 2 is 1.71 bits per heavy atom. The first-order chi connectivity index (χ1) is 13.5. The lowest BCUT2D eigenvalue weighted by molar-refractivity contribution is -0.130. The number of hydrogen-bond donors (Lipinski definition) is 3. The molecule has 1 unspecified atom stereocenters. The number of carbonyl (C=O) groups is 3. The molecule has 0 heterocycles. The molecule has 0 aromatic heterocycles. The maximum Gasteiger partial charge on any atom is 0.240 e. The summed E-state index contributed by atoms with van der Waals surface area (Å²) in [5.41, 5.74) is 6.39. The normalized spacial score (nSPS) is 11.5. The van der Waals surface area contributed by atoms with Crippen LogP contribution in [0.25, 0.3) is 0 Å². The standard InChI is InChI=1S/C21H33N3O4/c1-3-4-5-6-7-8-19(25)24-18(21(22)27)15-20(26)23-14-13-16-9-11-17(28-2)12-10-16/h9-12,18H,3-8,13-15H2,1-2H3,(H2,22,27)(H,23,26)(H,24,25). The zero-order valence-corrected chi connectivity index (χ0v) is 17.0. The van der Waals surface area contributed by atoms with Gasteiger partial charge in [0.05, 0.1) is 13.5 Å². The van der Waals surface area contributed by atoms with Crippen LogP contribution in [0.2, 0.25) is 0 Å². The molecule has 0 radical (unpaired) electrons. The van der Waals surface area contributed by atoms with Crippen LogP contribution in [0.5, 0.6) is 5.75 Å². The molecule has 156 valence electrons. The highest BCUT2D eigenvalue weighted by Crippen LogP contribution is 2.11. The van der Waals surface area contributed by atoms with E-state index in [1.165, 1.54) is 0 Å². The molecule has 0 aliphatic rings. The minimum absolute atomic E-state index is 0.153. The lowest BCUT2D eigenvalue weighted by Gasteiger charge is -2.15. The van der Waals surface area contributed by atoms with E-state index in [1.54, 1.807) is 7.11 Å². The van der Waals surface area contributed by atoms with Crippen molar-refractivity contribution in [1.29, 1.82) is 0 Å². The van der Waals surface area contributed by atoms with Gasteiger partial charge in [-0.1, -0.05) is 44.7 Å². The average molecular weight is 392 g/mol. The maximum absolute atomic E-state index is 12.1. The van der Waals surface area contributed by atoms with Crippen molar-refractivity contribution < 1.29 is 19.1 Å². The molecule has 0 saturated heterocycles. The molecule has 0 saturated carbocycles. The third-order valence-electron chi connectivity index (χ3n) is 4.47. The van der Waals surface area contributed by atoms with Gasteiger partial charge >= 0.3 is 0 Å². The second kappa shape index (κ2) is 13.6. The van der Waals surface area contributed by atoms with Crippen LogP contribution in [0.1, 0.15) is 57.4 Å². The molecule has 28 heavy (non-hydrogen) atoms. The fraction of sp³-hybridized carbons (Fsp3) is 0.571. The van der Waals surface area contributed by atoms with E-state index in [0.717, 1.165) is 43.4 Å². The summed E-state index contributed by atoms with van der Waals surface area (Å²) in [5, 5.41) is 5.33. The fourth-order valence-corrected chi connectivity index (χ4v) is 2.77. The first kappa shape index (κ1) is 23.5. The van der Waals surface area contributed by atoms with E-state index in [-0.39, 0.29) is 18.2 Å². The smallest absolute Gasteiger partial charge is 0.240 e. The topological polar surface area (TPSA) is 111 Å². The number of methoxy groups -OCH3 is 1. The third kappa shape index (κ3) is 9.94. The molecule has 7 nitrogen and oxygen atoms in total. The number of carbonyl (C=O) groups excluding carboxylic acids is 3. The van der Waals surface area contributed by atoms with Crippen molar-refractivity contribution in [2.75, 3.05) is 13.7 Å². The van der Waals surface area contributed by atoms with Gasteiger partial charge in [0.25, 0.3) is 0 Å². The molecule has 0 fully saturated rings. The van der Waals surface area contributed by atoms with Crippen LogP contribution in [0.3, 0.4) is 0 Å². The van der Waals surface area contributed by atoms with Crippen LogP contribution < -0.4 is 21.1 Å². The molecule has 0 aliphatic heterocycles. The summed E-state index contributed by atoms with van der Waals surface area (Å²) in [5.74, 6) is -0.491. The number of ether oxygens (including phenoxy) is 1. The van der Waals surface area contributed by atoms with Gasteiger partial charge in [0, 0.05) is 13.0 Å². The summed E-state index contributed by atoms with van der Waals surface area (Å²) in [7, 11) is 1.61. The molecular weight excluding hydrogens is 358 g/mol. The van der Waals surface area contributed by atoms with Gasteiger partial charge in [-0.2, -0.15) is 0 Å². The molecule has 1 aromatic carbocycles. The van der Waals surface area contributed by atoms with Crippen molar-refractivity contribution in [2.24, 2.45) is 5.73 Å². The van der Waals surface area contributed by atoms with E-state index in [0.29, 0.717) is 19.4 Å². The summed E-state index contributed by atoms with van der Waals surface area (Å²) in [4.78, 5) is 35.6. The van der Waals surface area contributed by atoms with Gasteiger partial charge in [0.2, 0.25) is 17.7 Å². The summed E-state index contributed by atoms with van der Waals surface area (Å²) in [6.07, 6.45) is 5.98. The molecule has 1 aromatic rings. The van der Waals surface area contributed by atoms with Crippen molar-refractivity contribution in [3.05, 3.63) is 29.8 Å². The Morgan fingerprint density at radius 1 is 1.04 bits per heavy atom. The Bertz CT molecular complexity index is 617. The van der Waals surface area contributed by atoms with Crippen LogP contribution in [-0.4, -0.2) is 37.4 Å². The van der Waals surface area contributed by atoms with Gasteiger partial charge in [0.1, 0.15) is 11.8 Å². The second-order valence-electron chi connectivity index (χ2n) is 6.84. The summed E-state index contributed by atoms with van der Waals surface area (Å²) < 4.78 is 5.10.